The molecule has 0 unspecified atom stereocenters. The molecule has 38 valence electrons. The first-order valence-corrected chi connectivity index (χ1v) is 2.64. The van der Waals surface area contributed by atoms with E-state index in [0.29, 0.717) is 0 Å². The molecular weight excluding hydrogens is 96.1 g/mol. The summed E-state index contributed by atoms with van der Waals surface area (Å²) in [5.41, 5.74) is 11.0. The van der Waals surface area contributed by atoms with Crippen LogP contribution in [0, 0.1) is 0 Å². The van der Waals surface area contributed by atoms with E-state index >= 15 is 0 Å². The topological polar surface area (TPSA) is 0 Å². The summed E-state index contributed by atoms with van der Waals surface area (Å²) >= 11 is 0. The van der Waals surface area contributed by atoms with E-state index in [0.717, 1.165) is 12.8 Å². The molecule has 0 heteroatoms. The predicted octanol–water partition coefficient (Wildman–Crippen LogP) is 1.96. The van der Waals surface area contributed by atoms with Crippen LogP contribution < -0.4 is 0 Å². The normalized spacial score (nSPS) is 14.0. The first-order valence-electron chi connectivity index (χ1n) is 2.64. The standard InChI is InChI=1S/C8H6/c1-2-4-6-8-7-5-3-1/h1,6H,2,4H2. The fraction of sp³-hybridized carbons (Fsp3) is 0.250. The summed E-state index contributed by atoms with van der Waals surface area (Å²) in [5, 5.41) is 0. The van der Waals surface area contributed by atoms with Crippen molar-refractivity contribution in [2.45, 2.75) is 12.8 Å². The van der Waals surface area contributed by atoms with Gasteiger partial charge in [0.1, 0.15) is 0 Å². The molecule has 8 heavy (non-hydrogen) atoms. The maximum absolute atomic E-state index is 2.82. The molecule has 0 aliphatic heterocycles. The zero-order valence-electron chi connectivity index (χ0n) is 4.57. The van der Waals surface area contributed by atoms with Crippen LogP contribution in [-0.4, -0.2) is 0 Å². The Morgan fingerprint density at radius 3 is 1.88 bits per heavy atom. The zero-order chi connectivity index (χ0) is 5.66. The van der Waals surface area contributed by atoms with Gasteiger partial charge in [-0.05, 0) is 36.5 Å². The summed E-state index contributed by atoms with van der Waals surface area (Å²) in [7, 11) is 0. The van der Waals surface area contributed by atoms with Gasteiger partial charge in [-0.2, -0.15) is 0 Å². The summed E-state index contributed by atoms with van der Waals surface area (Å²) in [6.07, 6.45) is 5.98. The van der Waals surface area contributed by atoms with Gasteiger partial charge in [0.15, 0.2) is 0 Å². The Morgan fingerprint density at radius 2 is 1.38 bits per heavy atom. The number of hydrogen-bond acceptors (Lipinski definition) is 0. The van der Waals surface area contributed by atoms with Gasteiger partial charge in [0.05, 0.1) is 0 Å². The molecule has 0 nitrogen and oxygen atoms in total. The van der Waals surface area contributed by atoms with Gasteiger partial charge >= 0.3 is 0 Å². The minimum absolute atomic E-state index is 1.04. The molecule has 1 rings (SSSR count). The largest absolute Gasteiger partial charge is 0.0652 e. The Hall–Kier alpha value is -1.14. The number of allylic oxidation sites excluding steroid dienone is 2. The molecular formula is C8H6. The average Bonchev–Trinajstić information content (AvgIpc) is 1.62. The second-order valence-electron chi connectivity index (χ2n) is 1.52. The first-order chi connectivity index (χ1) is 4.00. The lowest BCUT2D eigenvalue weighted by molar-refractivity contribution is 1.05. The Labute approximate surface area is 48.8 Å². The summed E-state index contributed by atoms with van der Waals surface area (Å²) in [4.78, 5) is 0. The van der Waals surface area contributed by atoms with Crippen molar-refractivity contribution in [3.05, 3.63) is 35.1 Å². The van der Waals surface area contributed by atoms with Gasteiger partial charge in [-0.15, -0.1) is 0 Å². The minimum Gasteiger partial charge on any atom is -0.0652 e. The summed E-state index contributed by atoms with van der Waals surface area (Å²) in [6.45, 7) is 0. The second-order valence-corrected chi connectivity index (χ2v) is 1.52. The Morgan fingerprint density at radius 1 is 0.875 bits per heavy atom. The Balaban J connectivity index is 3.13. The molecule has 0 atom stereocenters. The van der Waals surface area contributed by atoms with Crippen molar-refractivity contribution in [1.29, 1.82) is 0 Å². The van der Waals surface area contributed by atoms with Crippen molar-refractivity contribution in [1.82, 2.24) is 0 Å². The lowest BCUT2D eigenvalue weighted by Crippen LogP contribution is -1.59. The molecule has 0 spiro atoms. The fourth-order valence-corrected chi connectivity index (χ4v) is 0.485. The highest BCUT2D eigenvalue weighted by Gasteiger charge is 1.72. The molecule has 1 aliphatic rings. The maximum Gasteiger partial charge on any atom is -0.0105 e. The third kappa shape index (κ3) is 1.54. The van der Waals surface area contributed by atoms with Crippen LogP contribution in [0.5, 0.6) is 0 Å². The van der Waals surface area contributed by atoms with Crippen LogP contribution in [0.15, 0.2) is 35.1 Å². The third-order valence-electron chi connectivity index (χ3n) is 0.866. The van der Waals surface area contributed by atoms with Gasteiger partial charge in [-0.1, -0.05) is 11.5 Å². The zero-order valence-corrected chi connectivity index (χ0v) is 4.57. The quantitative estimate of drug-likeness (QED) is 0.410. The highest BCUT2D eigenvalue weighted by atomic mass is 13.8. The molecule has 0 aromatic heterocycles. The van der Waals surface area contributed by atoms with E-state index in [1.54, 1.807) is 0 Å². The monoisotopic (exact) mass is 102 g/mol. The highest BCUT2D eigenvalue weighted by molar-refractivity contribution is 4.93. The summed E-state index contributed by atoms with van der Waals surface area (Å²) < 4.78 is 0. The van der Waals surface area contributed by atoms with Gasteiger partial charge in [0.2, 0.25) is 0 Å². The average molecular weight is 102 g/mol. The minimum atomic E-state index is 1.04. The Bertz CT molecular complexity index is 195. The van der Waals surface area contributed by atoms with Crippen molar-refractivity contribution in [3.8, 4) is 0 Å². The van der Waals surface area contributed by atoms with E-state index in [1.807, 2.05) is 12.2 Å². The number of hydrogen-bond donors (Lipinski definition) is 0. The molecule has 0 aromatic rings. The smallest absolute Gasteiger partial charge is 0.0105 e. The lowest BCUT2D eigenvalue weighted by atomic mass is 10.3. The Kier molecular flexibility index (Phi) is 1.84. The van der Waals surface area contributed by atoms with Crippen molar-refractivity contribution < 1.29 is 0 Å². The lowest BCUT2D eigenvalue weighted by Gasteiger charge is -1.77. The molecule has 1 aliphatic carbocycles. The van der Waals surface area contributed by atoms with Crippen LogP contribution in [0.2, 0.25) is 0 Å². The molecule has 0 saturated heterocycles. The van der Waals surface area contributed by atoms with Gasteiger partial charge in [-0.25, -0.2) is 0 Å². The maximum atomic E-state index is 2.82. The van der Waals surface area contributed by atoms with Crippen LogP contribution in [-0.2, 0) is 0 Å². The molecule has 0 fully saturated rings. The van der Waals surface area contributed by atoms with Crippen molar-refractivity contribution in [2.75, 3.05) is 0 Å². The van der Waals surface area contributed by atoms with Gasteiger partial charge < -0.3 is 0 Å². The third-order valence-corrected chi connectivity index (χ3v) is 0.866. The van der Waals surface area contributed by atoms with Crippen molar-refractivity contribution in [3.63, 3.8) is 0 Å². The van der Waals surface area contributed by atoms with Crippen molar-refractivity contribution >= 4 is 0 Å². The molecule has 0 saturated carbocycles. The van der Waals surface area contributed by atoms with E-state index in [2.05, 4.69) is 22.9 Å². The summed E-state index contributed by atoms with van der Waals surface area (Å²) in [5.74, 6) is 0. The molecule has 0 amide bonds. The van der Waals surface area contributed by atoms with Crippen LogP contribution in [0.25, 0.3) is 0 Å². The van der Waals surface area contributed by atoms with Gasteiger partial charge in [0.25, 0.3) is 0 Å². The summed E-state index contributed by atoms with van der Waals surface area (Å²) in [6, 6.07) is 0. The van der Waals surface area contributed by atoms with E-state index in [4.69, 9.17) is 0 Å². The SMILES string of the molecule is C1=C=C=CCCC=C=1. The molecule has 0 heterocycles. The first kappa shape index (κ1) is 5.01. The van der Waals surface area contributed by atoms with Gasteiger partial charge in [0, 0.05) is 0 Å². The van der Waals surface area contributed by atoms with Crippen LogP contribution in [0.4, 0.5) is 0 Å². The fourth-order valence-electron chi connectivity index (χ4n) is 0.485. The van der Waals surface area contributed by atoms with Crippen molar-refractivity contribution in [2.24, 2.45) is 0 Å². The predicted molar refractivity (Wildman–Crippen MR) is 32.4 cm³/mol. The van der Waals surface area contributed by atoms with Crippen LogP contribution >= 0.6 is 0 Å². The van der Waals surface area contributed by atoms with Gasteiger partial charge in [-0.3, -0.25) is 0 Å². The highest BCUT2D eigenvalue weighted by Crippen LogP contribution is 1.90. The van der Waals surface area contributed by atoms with E-state index < -0.39 is 0 Å². The second kappa shape index (κ2) is 2.94. The molecule has 0 bridgehead atoms. The van der Waals surface area contributed by atoms with E-state index in [9.17, 15) is 0 Å². The molecule has 0 radical (unpaired) electrons. The molecule has 0 aromatic carbocycles. The number of rotatable bonds is 0. The van der Waals surface area contributed by atoms with Crippen LogP contribution in [0.1, 0.15) is 12.8 Å². The van der Waals surface area contributed by atoms with Crippen LogP contribution in [0.3, 0.4) is 0 Å². The molecule has 0 N–H and O–H groups in total. The van der Waals surface area contributed by atoms with E-state index in [1.165, 1.54) is 0 Å². The van der Waals surface area contributed by atoms with E-state index in [-0.39, 0.29) is 0 Å².